The van der Waals surface area contributed by atoms with Crippen LogP contribution in [0, 0.1) is 11.3 Å². The molecule has 0 radical (unpaired) electrons. The average molecular weight is 291 g/mol. The van der Waals surface area contributed by atoms with Gasteiger partial charge in [-0.15, -0.1) is 0 Å². The van der Waals surface area contributed by atoms with Crippen LogP contribution in [0.1, 0.15) is 5.56 Å². The van der Waals surface area contributed by atoms with Crippen LogP contribution in [0.3, 0.4) is 0 Å². The highest BCUT2D eigenvalue weighted by molar-refractivity contribution is 7.92. The van der Waals surface area contributed by atoms with E-state index >= 15 is 0 Å². The third kappa shape index (κ3) is 2.19. The number of nitriles is 1. The molecule has 104 valence electrons. The highest BCUT2D eigenvalue weighted by atomic mass is 32.2. The first kappa shape index (κ1) is 13.9. The molecule has 1 aromatic carbocycles. The van der Waals surface area contributed by atoms with Gasteiger partial charge in [0.1, 0.15) is 0 Å². The molecule has 0 bridgehead atoms. The van der Waals surface area contributed by atoms with E-state index in [0.29, 0.717) is 11.3 Å². The summed E-state index contributed by atoms with van der Waals surface area (Å²) in [7, 11) is -0.883. The minimum Gasteiger partial charge on any atom is -0.381 e. The molecule has 1 heterocycles. The first-order valence-electron chi connectivity index (χ1n) is 5.64. The minimum absolute atomic E-state index is 0.0595. The standard InChI is InChI=1S/C12H13N5O2S/c1-16-8-15-11(14)12(16)20(18,19)17(2)10-5-3-4-9(6-10)7-13/h3-6,8H,14H2,1-2H3. The van der Waals surface area contributed by atoms with Gasteiger partial charge in [-0.05, 0) is 18.2 Å². The van der Waals surface area contributed by atoms with Crippen LogP contribution in [-0.4, -0.2) is 25.0 Å². The smallest absolute Gasteiger partial charge is 0.283 e. The fraction of sp³-hybridized carbons (Fsp3) is 0.167. The molecule has 0 aliphatic rings. The maximum absolute atomic E-state index is 12.5. The number of nitrogens with two attached hydrogens (primary N) is 1. The highest BCUT2D eigenvalue weighted by Gasteiger charge is 2.27. The van der Waals surface area contributed by atoms with Gasteiger partial charge in [-0.1, -0.05) is 6.07 Å². The Hall–Kier alpha value is -2.53. The summed E-state index contributed by atoms with van der Waals surface area (Å²) in [5.41, 5.74) is 6.37. The zero-order valence-electron chi connectivity index (χ0n) is 11.0. The summed E-state index contributed by atoms with van der Waals surface area (Å²) >= 11 is 0. The molecule has 1 aromatic heterocycles. The summed E-state index contributed by atoms with van der Waals surface area (Å²) in [5.74, 6) is -0.0595. The molecular formula is C12H13N5O2S. The van der Waals surface area contributed by atoms with Crippen molar-refractivity contribution < 1.29 is 8.42 Å². The molecule has 2 N–H and O–H groups in total. The van der Waals surface area contributed by atoms with Crippen molar-refractivity contribution in [2.24, 2.45) is 7.05 Å². The van der Waals surface area contributed by atoms with E-state index in [1.807, 2.05) is 6.07 Å². The van der Waals surface area contributed by atoms with E-state index in [0.717, 1.165) is 4.31 Å². The van der Waals surface area contributed by atoms with Crippen molar-refractivity contribution in [2.75, 3.05) is 17.1 Å². The molecular weight excluding hydrogens is 278 g/mol. The number of rotatable bonds is 3. The van der Waals surface area contributed by atoms with E-state index in [4.69, 9.17) is 11.0 Å². The van der Waals surface area contributed by atoms with Crippen LogP contribution >= 0.6 is 0 Å². The van der Waals surface area contributed by atoms with Gasteiger partial charge in [-0.2, -0.15) is 13.7 Å². The predicted molar refractivity (Wildman–Crippen MR) is 74.4 cm³/mol. The average Bonchev–Trinajstić information content (AvgIpc) is 2.77. The predicted octanol–water partition coefficient (Wildman–Crippen LogP) is 0.699. The zero-order valence-corrected chi connectivity index (χ0v) is 11.8. The van der Waals surface area contributed by atoms with Gasteiger partial charge in [0.2, 0.25) is 0 Å². The molecule has 7 nitrogen and oxygen atoms in total. The van der Waals surface area contributed by atoms with Gasteiger partial charge in [-0.3, -0.25) is 4.31 Å². The molecule has 0 aliphatic heterocycles. The Balaban J connectivity index is 2.52. The monoisotopic (exact) mass is 291 g/mol. The molecule has 0 aliphatic carbocycles. The molecule has 0 amide bonds. The molecule has 0 saturated carbocycles. The quantitative estimate of drug-likeness (QED) is 0.896. The van der Waals surface area contributed by atoms with Crippen LogP contribution in [0.2, 0.25) is 0 Å². The molecule has 0 unspecified atom stereocenters. The van der Waals surface area contributed by atoms with E-state index in [9.17, 15) is 8.42 Å². The Morgan fingerprint density at radius 1 is 1.45 bits per heavy atom. The van der Waals surface area contributed by atoms with Crippen molar-refractivity contribution in [1.82, 2.24) is 9.55 Å². The van der Waals surface area contributed by atoms with Crippen LogP contribution in [0.4, 0.5) is 11.5 Å². The van der Waals surface area contributed by atoms with E-state index in [1.165, 1.54) is 24.0 Å². The number of benzene rings is 1. The second-order valence-electron chi connectivity index (χ2n) is 4.18. The van der Waals surface area contributed by atoms with E-state index in [1.54, 1.807) is 25.2 Å². The van der Waals surface area contributed by atoms with Crippen molar-refractivity contribution in [3.05, 3.63) is 36.2 Å². The van der Waals surface area contributed by atoms with Gasteiger partial charge in [0.15, 0.2) is 10.8 Å². The lowest BCUT2D eigenvalue weighted by molar-refractivity contribution is 0.585. The second kappa shape index (κ2) is 4.86. The van der Waals surface area contributed by atoms with E-state index in [-0.39, 0.29) is 10.8 Å². The van der Waals surface area contributed by atoms with Crippen LogP contribution in [0.5, 0.6) is 0 Å². The molecule has 0 fully saturated rings. The second-order valence-corrected chi connectivity index (χ2v) is 6.07. The number of anilines is 2. The van der Waals surface area contributed by atoms with Gasteiger partial charge in [-0.25, -0.2) is 4.98 Å². The van der Waals surface area contributed by atoms with Crippen molar-refractivity contribution >= 4 is 21.5 Å². The fourth-order valence-corrected chi connectivity index (χ4v) is 3.17. The third-order valence-corrected chi connectivity index (χ3v) is 4.77. The summed E-state index contributed by atoms with van der Waals surface area (Å²) in [5, 5.41) is 8.79. The van der Waals surface area contributed by atoms with E-state index < -0.39 is 10.0 Å². The minimum atomic E-state index is -3.84. The number of hydrogen-bond donors (Lipinski definition) is 1. The third-order valence-electron chi connectivity index (χ3n) is 2.85. The van der Waals surface area contributed by atoms with Crippen LogP contribution in [0.15, 0.2) is 35.6 Å². The van der Waals surface area contributed by atoms with Crippen molar-refractivity contribution in [3.63, 3.8) is 0 Å². The summed E-state index contributed by atoms with van der Waals surface area (Å²) in [6, 6.07) is 8.28. The van der Waals surface area contributed by atoms with Gasteiger partial charge >= 0.3 is 0 Å². The number of aromatic nitrogens is 2. The largest absolute Gasteiger partial charge is 0.381 e. The summed E-state index contributed by atoms with van der Waals surface area (Å²) < 4.78 is 27.5. The van der Waals surface area contributed by atoms with Crippen LogP contribution in [0.25, 0.3) is 0 Å². The first-order chi connectivity index (χ1) is 9.37. The Labute approximate surface area is 116 Å². The molecule has 8 heteroatoms. The topological polar surface area (TPSA) is 105 Å². The van der Waals surface area contributed by atoms with Gasteiger partial charge in [0.05, 0.1) is 23.6 Å². The Kier molecular flexibility index (Phi) is 3.38. The van der Waals surface area contributed by atoms with Crippen LogP contribution in [-0.2, 0) is 17.1 Å². The SMILES string of the molecule is CN(c1cccc(C#N)c1)S(=O)(=O)c1c(N)ncn1C. The van der Waals surface area contributed by atoms with Gasteiger partial charge in [0.25, 0.3) is 10.0 Å². The number of hydrogen-bond acceptors (Lipinski definition) is 5. The van der Waals surface area contributed by atoms with Gasteiger partial charge in [0, 0.05) is 14.1 Å². The fourth-order valence-electron chi connectivity index (χ4n) is 1.79. The lowest BCUT2D eigenvalue weighted by Crippen LogP contribution is -2.28. The maximum atomic E-state index is 12.5. The molecule has 0 saturated heterocycles. The Bertz CT molecular complexity index is 769. The Morgan fingerprint density at radius 3 is 2.70 bits per heavy atom. The Morgan fingerprint density at radius 2 is 2.15 bits per heavy atom. The number of sulfonamides is 1. The van der Waals surface area contributed by atoms with Crippen molar-refractivity contribution in [1.29, 1.82) is 5.26 Å². The summed E-state index contributed by atoms with van der Waals surface area (Å²) in [6.45, 7) is 0. The lowest BCUT2D eigenvalue weighted by Gasteiger charge is -2.19. The number of nitrogen functional groups attached to an aromatic ring is 1. The summed E-state index contributed by atoms with van der Waals surface area (Å²) in [6.07, 6.45) is 1.34. The molecule has 2 aromatic rings. The first-order valence-corrected chi connectivity index (χ1v) is 7.08. The number of nitrogens with zero attached hydrogens (tertiary/aromatic N) is 4. The molecule has 0 atom stereocenters. The maximum Gasteiger partial charge on any atom is 0.283 e. The van der Waals surface area contributed by atoms with Crippen LogP contribution < -0.4 is 10.0 Å². The highest BCUT2D eigenvalue weighted by Crippen LogP contribution is 2.25. The molecule has 2 rings (SSSR count). The number of imidazole rings is 1. The lowest BCUT2D eigenvalue weighted by atomic mass is 10.2. The number of aryl methyl sites for hydroxylation is 1. The van der Waals surface area contributed by atoms with E-state index in [2.05, 4.69) is 4.98 Å². The van der Waals surface area contributed by atoms with Crippen molar-refractivity contribution in [2.45, 2.75) is 5.03 Å². The zero-order chi connectivity index (χ0) is 14.9. The normalized spacial score (nSPS) is 11.1. The van der Waals surface area contributed by atoms with Crippen molar-refractivity contribution in [3.8, 4) is 6.07 Å². The summed E-state index contributed by atoms with van der Waals surface area (Å²) in [4.78, 5) is 3.77. The van der Waals surface area contributed by atoms with Gasteiger partial charge < -0.3 is 10.3 Å². The molecule has 0 spiro atoms. The molecule has 20 heavy (non-hydrogen) atoms.